The molecule has 2 aromatic heterocycles. The van der Waals surface area contributed by atoms with Crippen molar-refractivity contribution in [2.75, 3.05) is 17.2 Å². The number of fused-ring (bicyclic) bond motifs is 1. The van der Waals surface area contributed by atoms with Gasteiger partial charge in [-0.3, -0.25) is 5.41 Å². The zero-order valence-electron chi connectivity index (χ0n) is 17.8. The highest BCUT2D eigenvalue weighted by atomic mass is 16.5. The highest BCUT2D eigenvalue weighted by Crippen LogP contribution is 2.41. The van der Waals surface area contributed by atoms with Crippen LogP contribution in [0.1, 0.15) is 61.2 Å². The first kappa shape index (κ1) is 19.5. The lowest BCUT2D eigenvalue weighted by Crippen LogP contribution is -2.31. The molecule has 5 rings (SSSR count). The van der Waals surface area contributed by atoms with E-state index in [0.29, 0.717) is 35.2 Å². The maximum Gasteiger partial charge on any atom is 0.197 e. The lowest BCUT2D eigenvalue weighted by atomic mass is 10.0. The number of ether oxygens (including phenoxy) is 1. The number of rotatable bonds is 6. The summed E-state index contributed by atoms with van der Waals surface area (Å²) in [6.45, 7) is 5.35. The average molecular weight is 419 g/mol. The third kappa shape index (κ3) is 3.97. The van der Waals surface area contributed by atoms with E-state index in [-0.39, 0.29) is 11.8 Å². The Balaban J connectivity index is 1.38. The highest BCUT2D eigenvalue weighted by Gasteiger charge is 2.32. The molecule has 3 heterocycles. The molecule has 3 N–H and O–H groups in total. The second-order valence-electron chi connectivity index (χ2n) is 8.42. The third-order valence-electron chi connectivity index (χ3n) is 5.57. The standard InChI is InChI=1S/C23H26N6O2/c1-13(2)30-15-5-6-17(24)16(9-15)22(25)19-10-21(27-12-26-19)29-8-7-18-20(11-29)31-23(28-18)14-3-4-14/h5-6,9-10,12-14,25H,3-4,7-8,11,24H2,1-2H3. The molecule has 3 aromatic rings. The number of nitrogen functional groups attached to an aromatic ring is 1. The number of benzene rings is 1. The van der Waals surface area contributed by atoms with Crippen molar-refractivity contribution < 1.29 is 9.15 Å². The number of nitrogens with one attached hydrogen (secondary N) is 1. The van der Waals surface area contributed by atoms with E-state index in [9.17, 15) is 0 Å². The van der Waals surface area contributed by atoms with Crippen LogP contribution in [-0.4, -0.2) is 33.3 Å². The van der Waals surface area contributed by atoms with Gasteiger partial charge in [0.05, 0.1) is 29.7 Å². The lowest BCUT2D eigenvalue weighted by Gasteiger charge is -2.26. The predicted molar refractivity (Wildman–Crippen MR) is 118 cm³/mol. The SMILES string of the molecule is CC(C)Oc1ccc(N)c(C(=N)c2cc(N3CCc4nc(C5CC5)oc4C3)ncn2)c1. The molecule has 0 radical (unpaired) electrons. The van der Waals surface area contributed by atoms with Gasteiger partial charge in [0.25, 0.3) is 0 Å². The average Bonchev–Trinajstić information content (AvgIpc) is 3.53. The molecule has 1 aliphatic carbocycles. The summed E-state index contributed by atoms with van der Waals surface area (Å²) >= 11 is 0. The van der Waals surface area contributed by atoms with Crippen molar-refractivity contribution in [1.29, 1.82) is 5.41 Å². The molecule has 1 aromatic carbocycles. The van der Waals surface area contributed by atoms with Gasteiger partial charge in [-0.25, -0.2) is 15.0 Å². The first-order valence-corrected chi connectivity index (χ1v) is 10.7. The Bertz CT molecular complexity index is 1130. The molecule has 0 saturated heterocycles. The molecule has 1 aliphatic heterocycles. The molecule has 0 amide bonds. The highest BCUT2D eigenvalue weighted by molar-refractivity contribution is 6.13. The molecule has 0 unspecified atom stereocenters. The normalized spacial score (nSPS) is 15.8. The summed E-state index contributed by atoms with van der Waals surface area (Å²) in [6, 6.07) is 7.20. The number of hydrogen-bond donors (Lipinski definition) is 2. The summed E-state index contributed by atoms with van der Waals surface area (Å²) in [7, 11) is 0. The molecule has 160 valence electrons. The van der Waals surface area contributed by atoms with Crippen molar-refractivity contribution in [3.8, 4) is 5.75 Å². The van der Waals surface area contributed by atoms with E-state index in [1.165, 1.54) is 19.2 Å². The maximum absolute atomic E-state index is 8.70. The third-order valence-corrected chi connectivity index (χ3v) is 5.57. The van der Waals surface area contributed by atoms with Crippen LogP contribution in [-0.2, 0) is 13.0 Å². The van der Waals surface area contributed by atoms with Gasteiger partial charge in [-0.05, 0) is 44.9 Å². The summed E-state index contributed by atoms with van der Waals surface area (Å²) in [5.74, 6) is 3.75. The quantitative estimate of drug-likeness (QED) is 0.463. The second kappa shape index (κ2) is 7.68. The number of nitrogens with two attached hydrogens (primary N) is 1. The molecular weight excluding hydrogens is 392 g/mol. The van der Waals surface area contributed by atoms with Crippen molar-refractivity contribution in [3.05, 3.63) is 59.2 Å². The van der Waals surface area contributed by atoms with Gasteiger partial charge < -0.3 is 19.8 Å². The summed E-state index contributed by atoms with van der Waals surface area (Å²) in [5, 5.41) is 8.70. The molecule has 0 bridgehead atoms. The summed E-state index contributed by atoms with van der Waals surface area (Å²) in [6.07, 6.45) is 4.70. The molecule has 1 saturated carbocycles. The zero-order valence-corrected chi connectivity index (χ0v) is 17.8. The number of hydrogen-bond acceptors (Lipinski definition) is 8. The number of oxazole rings is 1. The Labute approximate surface area is 181 Å². The Morgan fingerprint density at radius 3 is 2.87 bits per heavy atom. The number of nitrogens with zero attached hydrogens (tertiary/aromatic N) is 4. The van der Waals surface area contributed by atoms with Gasteiger partial charge in [-0.15, -0.1) is 0 Å². The topological polar surface area (TPSA) is 114 Å². The first-order valence-electron chi connectivity index (χ1n) is 10.7. The lowest BCUT2D eigenvalue weighted by molar-refractivity contribution is 0.242. The van der Waals surface area contributed by atoms with E-state index in [2.05, 4.69) is 19.9 Å². The molecule has 31 heavy (non-hydrogen) atoms. The minimum atomic E-state index is 0.0387. The summed E-state index contributed by atoms with van der Waals surface area (Å²) in [4.78, 5) is 15.6. The van der Waals surface area contributed by atoms with Gasteiger partial charge in [-0.1, -0.05) is 0 Å². The fourth-order valence-electron chi connectivity index (χ4n) is 3.81. The van der Waals surface area contributed by atoms with Crippen LogP contribution in [0.4, 0.5) is 11.5 Å². The van der Waals surface area contributed by atoms with Gasteiger partial charge in [0.1, 0.15) is 23.7 Å². The van der Waals surface area contributed by atoms with Crippen molar-refractivity contribution in [3.63, 3.8) is 0 Å². The smallest absolute Gasteiger partial charge is 0.197 e. The maximum atomic E-state index is 8.70. The Morgan fingerprint density at radius 2 is 2.10 bits per heavy atom. The van der Waals surface area contributed by atoms with Gasteiger partial charge in [0.2, 0.25) is 0 Å². The summed E-state index contributed by atoms with van der Waals surface area (Å²) < 4.78 is 11.8. The number of anilines is 2. The molecule has 1 fully saturated rings. The van der Waals surface area contributed by atoms with Crippen LogP contribution in [0.15, 0.2) is 35.0 Å². The monoisotopic (exact) mass is 418 g/mol. The van der Waals surface area contributed by atoms with Gasteiger partial charge in [-0.2, -0.15) is 0 Å². The fraction of sp³-hybridized carbons (Fsp3) is 0.391. The fourth-order valence-corrected chi connectivity index (χ4v) is 3.81. The first-order chi connectivity index (χ1) is 15.0. The van der Waals surface area contributed by atoms with Crippen molar-refractivity contribution in [2.24, 2.45) is 0 Å². The van der Waals surface area contributed by atoms with Crippen LogP contribution in [0.5, 0.6) is 5.75 Å². The minimum absolute atomic E-state index is 0.0387. The molecule has 8 heteroatoms. The summed E-state index contributed by atoms with van der Waals surface area (Å²) in [5.41, 5.74) is 9.08. The molecule has 8 nitrogen and oxygen atoms in total. The van der Waals surface area contributed by atoms with E-state index >= 15 is 0 Å². The molecule has 0 atom stereocenters. The Hall–Kier alpha value is -3.42. The largest absolute Gasteiger partial charge is 0.491 e. The number of aromatic nitrogens is 3. The van der Waals surface area contributed by atoms with Crippen LogP contribution in [0, 0.1) is 5.41 Å². The van der Waals surface area contributed by atoms with Crippen LogP contribution < -0.4 is 15.4 Å². The van der Waals surface area contributed by atoms with Gasteiger partial charge in [0.15, 0.2) is 5.89 Å². The van der Waals surface area contributed by atoms with Crippen molar-refractivity contribution in [2.45, 2.75) is 51.7 Å². The van der Waals surface area contributed by atoms with Crippen molar-refractivity contribution in [1.82, 2.24) is 15.0 Å². The van der Waals surface area contributed by atoms with Crippen LogP contribution in [0.3, 0.4) is 0 Å². The van der Waals surface area contributed by atoms with Gasteiger partial charge in [0, 0.05) is 36.2 Å². The van der Waals surface area contributed by atoms with Crippen LogP contribution in [0.2, 0.25) is 0 Å². The minimum Gasteiger partial charge on any atom is -0.491 e. The van der Waals surface area contributed by atoms with Crippen LogP contribution in [0.25, 0.3) is 0 Å². The van der Waals surface area contributed by atoms with Crippen LogP contribution >= 0.6 is 0 Å². The Morgan fingerprint density at radius 1 is 1.26 bits per heavy atom. The molecular formula is C23H26N6O2. The van der Waals surface area contributed by atoms with E-state index in [4.69, 9.17) is 20.3 Å². The van der Waals surface area contributed by atoms with E-state index in [0.717, 1.165) is 36.1 Å². The molecule has 0 spiro atoms. The van der Waals surface area contributed by atoms with E-state index in [1.54, 1.807) is 12.1 Å². The van der Waals surface area contributed by atoms with E-state index in [1.807, 2.05) is 26.0 Å². The van der Waals surface area contributed by atoms with Gasteiger partial charge >= 0.3 is 0 Å². The zero-order chi connectivity index (χ0) is 21.5. The molecule has 2 aliphatic rings. The van der Waals surface area contributed by atoms with Crippen molar-refractivity contribution >= 4 is 17.2 Å². The predicted octanol–water partition coefficient (Wildman–Crippen LogP) is 3.69. The Kier molecular flexibility index (Phi) is 4.84. The second-order valence-corrected chi connectivity index (χ2v) is 8.42. The van der Waals surface area contributed by atoms with E-state index < -0.39 is 0 Å².